The molecule has 0 aliphatic heterocycles. The molecular weight excluding hydrogens is 246 g/mol. The van der Waals surface area contributed by atoms with Gasteiger partial charge in [0, 0.05) is 12.6 Å². The lowest BCUT2D eigenvalue weighted by atomic mass is 10.1. The third-order valence-corrected chi connectivity index (χ3v) is 2.80. The van der Waals surface area contributed by atoms with Gasteiger partial charge in [-0.3, -0.25) is 4.98 Å². The molecule has 0 aliphatic rings. The molecule has 0 saturated carbocycles. The van der Waals surface area contributed by atoms with Crippen molar-refractivity contribution in [3.05, 3.63) is 34.8 Å². The van der Waals surface area contributed by atoms with E-state index in [0.29, 0.717) is 17.3 Å². The van der Waals surface area contributed by atoms with Crippen LogP contribution < -0.4 is 15.2 Å². The average Bonchev–Trinajstić information content (AvgIpc) is 2.76. The molecule has 6 heteroatoms. The number of nitrogens with one attached hydrogen (secondary N) is 1. The van der Waals surface area contributed by atoms with E-state index in [9.17, 15) is 4.79 Å². The van der Waals surface area contributed by atoms with E-state index in [1.54, 1.807) is 39.5 Å². The van der Waals surface area contributed by atoms with Gasteiger partial charge in [-0.2, -0.15) is 5.10 Å². The van der Waals surface area contributed by atoms with E-state index in [1.807, 2.05) is 0 Å². The zero-order valence-corrected chi connectivity index (χ0v) is 11.1. The zero-order valence-electron chi connectivity index (χ0n) is 11.1. The monoisotopic (exact) mass is 261 g/mol. The molecule has 6 nitrogen and oxygen atoms in total. The molecule has 0 spiro atoms. The number of nitrogens with zero attached hydrogens (tertiary/aromatic N) is 2. The Labute approximate surface area is 110 Å². The summed E-state index contributed by atoms with van der Waals surface area (Å²) in [5.74, 6) is 1.62. The fourth-order valence-electron chi connectivity index (χ4n) is 1.79. The molecular formula is C13H15N3O3. The molecule has 100 valence electrons. The number of ether oxygens (including phenoxy) is 2. The summed E-state index contributed by atoms with van der Waals surface area (Å²) < 4.78 is 11.7. The van der Waals surface area contributed by atoms with Gasteiger partial charge < -0.3 is 9.47 Å². The van der Waals surface area contributed by atoms with Crippen LogP contribution in [0, 0.1) is 0 Å². The van der Waals surface area contributed by atoms with Crippen LogP contribution in [0.15, 0.2) is 23.5 Å². The predicted molar refractivity (Wildman–Crippen MR) is 72.5 cm³/mol. The number of H-pyrrole nitrogens is 1. The Kier molecular flexibility index (Phi) is 3.41. The summed E-state index contributed by atoms with van der Waals surface area (Å²) in [6.07, 6.45) is 1.67. The van der Waals surface area contributed by atoms with Crippen LogP contribution in [0.4, 0.5) is 0 Å². The standard InChI is InChI=1S/C13H15N3O3/c1-5-8-6-10(18-3)11(19-4)7-9(8)12-14-13(17)16(2)15-12/h5-7H,1H2,2-4H3,(H,14,15,17). The molecule has 0 fully saturated rings. The van der Waals surface area contributed by atoms with Gasteiger partial charge in [0.15, 0.2) is 17.3 Å². The van der Waals surface area contributed by atoms with Crippen molar-refractivity contribution < 1.29 is 9.47 Å². The molecule has 1 N–H and O–H groups in total. The van der Waals surface area contributed by atoms with E-state index in [0.717, 1.165) is 11.1 Å². The Morgan fingerprint density at radius 3 is 2.42 bits per heavy atom. The van der Waals surface area contributed by atoms with Crippen LogP contribution in [0.25, 0.3) is 17.5 Å². The first-order valence-corrected chi connectivity index (χ1v) is 5.62. The normalized spacial score (nSPS) is 10.3. The topological polar surface area (TPSA) is 69.1 Å². The van der Waals surface area contributed by atoms with Crippen molar-refractivity contribution >= 4 is 6.08 Å². The molecule has 0 bridgehead atoms. The second-order valence-electron chi connectivity index (χ2n) is 3.90. The molecule has 0 atom stereocenters. The maximum atomic E-state index is 11.5. The Hall–Kier alpha value is -2.50. The summed E-state index contributed by atoms with van der Waals surface area (Å²) in [5, 5.41) is 4.12. The fourth-order valence-corrected chi connectivity index (χ4v) is 1.79. The predicted octanol–water partition coefficient (Wildman–Crippen LogP) is 1.44. The summed E-state index contributed by atoms with van der Waals surface area (Å²) in [6, 6.07) is 3.54. The molecule has 19 heavy (non-hydrogen) atoms. The number of aromatic amines is 1. The van der Waals surface area contributed by atoms with Gasteiger partial charge in [0.1, 0.15) is 0 Å². The van der Waals surface area contributed by atoms with Crippen molar-refractivity contribution in [2.75, 3.05) is 14.2 Å². The summed E-state index contributed by atoms with van der Waals surface area (Å²) in [4.78, 5) is 14.1. The van der Waals surface area contributed by atoms with Crippen molar-refractivity contribution in [1.82, 2.24) is 14.8 Å². The SMILES string of the molecule is C=Cc1cc(OC)c(OC)cc1-c1nn(C)c(=O)[nH]1. The highest BCUT2D eigenvalue weighted by Gasteiger charge is 2.14. The Morgan fingerprint density at radius 1 is 1.32 bits per heavy atom. The highest BCUT2D eigenvalue weighted by Crippen LogP contribution is 2.34. The molecule has 2 rings (SSSR count). The van der Waals surface area contributed by atoms with Gasteiger partial charge in [0.2, 0.25) is 0 Å². The van der Waals surface area contributed by atoms with Gasteiger partial charge in [-0.25, -0.2) is 9.48 Å². The first kappa shape index (κ1) is 12.9. The number of hydrogen-bond acceptors (Lipinski definition) is 4. The maximum Gasteiger partial charge on any atom is 0.343 e. The second kappa shape index (κ2) is 5.01. The number of benzene rings is 1. The zero-order chi connectivity index (χ0) is 14.0. The summed E-state index contributed by atoms with van der Waals surface area (Å²) >= 11 is 0. The highest BCUT2D eigenvalue weighted by atomic mass is 16.5. The smallest absolute Gasteiger partial charge is 0.343 e. The van der Waals surface area contributed by atoms with E-state index in [-0.39, 0.29) is 5.69 Å². The molecule has 1 aromatic carbocycles. The van der Waals surface area contributed by atoms with E-state index < -0.39 is 0 Å². The van der Waals surface area contributed by atoms with Gasteiger partial charge in [-0.1, -0.05) is 12.7 Å². The van der Waals surface area contributed by atoms with Crippen molar-refractivity contribution in [1.29, 1.82) is 0 Å². The molecule has 0 amide bonds. The first-order valence-electron chi connectivity index (χ1n) is 5.62. The lowest BCUT2D eigenvalue weighted by Crippen LogP contribution is -2.13. The second-order valence-corrected chi connectivity index (χ2v) is 3.90. The Morgan fingerprint density at radius 2 is 1.95 bits per heavy atom. The summed E-state index contributed by atoms with van der Waals surface area (Å²) in [5.41, 5.74) is 1.25. The largest absolute Gasteiger partial charge is 0.493 e. The van der Waals surface area contributed by atoms with Crippen molar-refractivity contribution in [2.45, 2.75) is 0 Å². The third kappa shape index (κ3) is 2.24. The minimum absolute atomic E-state index is 0.278. The fraction of sp³-hybridized carbons (Fsp3) is 0.231. The number of aryl methyl sites for hydroxylation is 1. The summed E-state index contributed by atoms with van der Waals surface area (Å²) in [7, 11) is 4.69. The van der Waals surface area contributed by atoms with Crippen LogP contribution in [0.1, 0.15) is 5.56 Å². The van der Waals surface area contributed by atoms with Crippen molar-refractivity contribution in [3.8, 4) is 22.9 Å². The molecule has 1 aromatic heterocycles. The molecule has 2 aromatic rings. The van der Waals surface area contributed by atoms with Crippen molar-refractivity contribution in [2.24, 2.45) is 7.05 Å². The maximum absolute atomic E-state index is 11.5. The van der Waals surface area contributed by atoms with Crippen LogP contribution in [-0.2, 0) is 7.05 Å². The minimum atomic E-state index is -0.278. The van der Waals surface area contributed by atoms with Gasteiger partial charge in [0.05, 0.1) is 14.2 Å². The van der Waals surface area contributed by atoms with Crippen molar-refractivity contribution in [3.63, 3.8) is 0 Å². The Balaban J connectivity index is 2.67. The third-order valence-electron chi connectivity index (χ3n) is 2.80. The molecule has 1 heterocycles. The van der Waals surface area contributed by atoms with Crippen LogP contribution in [-0.4, -0.2) is 29.0 Å². The van der Waals surface area contributed by atoms with Gasteiger partial charge >= 0.3 is 5.69 Å². The van der Waals surface area contributed by atoms with E-state index in [1.165, 1.54) is 4.68 Å². The average molecular weight is 261 g/mol. The van der Waals surface area contributed by atoms with Crippen LogP contribution >= 0.6 is 0 Å². The van der Waals surface area contributed by atoms with Gasteiger partial charge in [-0.05, 0) is 17.7 Å². The number of rotatable bonds is 4. The van der Waals surface area contributed by atoms with Crippen LogP contribution in [0.3, 0.4) is 0 Å². The van der Waals surface area contributed by atoms with E-state index >= 15 is 0 Å². The van der Waals surface area contributed by atoms with Gasteiger partial charge in [-0.15, -0.1) is 0 Å². The minimum Gasteiger partial charge on any atom is -0.493 e. The number of aromatic nitrogens is 3. The first-order chi connectivity index (χ1) is 9.10. The number of methoxy groups -OCH3 is 2. The lowest BCUT2D eigenvalue weighted by Gasteiger charge is -2.11. The quantitative estimate of drug-likeness (QED) is 0.904. The number of hydrogen-bond donors (Lipinski definition) is 1. The lowest BCUT2D eigenvalue weighted by molar-refractivity contribution is 0.355. The van der Waals surface area contributed by atoms with Crippen LogP contribution in [0.5, 0.6) is 11.5 Å². The van der Waals surface area contributed by atoms with E-state index in [2.05, 4.69) is 16.7 Å². The van der Waals surface area contributed by atoms with Gasteiger partial charge in [0.25, 0.3) is 0 Å². The van der Waals surface area contributed by atoms with E-state index in [4.69, 9.17) is 9.47 Å². The Bertz CT molecular complexity index is 670. The summed E-state index contributed by atoms with van der Waals surface area (Å²) in [6.45, 7) is 3.75. The van der Waals surface area contributed by atoms with Crippen LogP contribution in [0.2, 0.25) is 0 Å². The molecule has 0 saturated heterocycles. The highest BCUT2D eigenvalue weighted by molar-refractivity contribution is 5.74. The molecule has 0 aliphatic carbocycles. The molecule has 0 unspecified atom stereocenters. The molecule has 0 radical (unpaired) electrons.